The molecule has 0 fully saturated rings. The van der Waals surface area contributed by atoms with Crippen LogP contribution in [-0.2, 0) is 12.8 Å². The van der Waals surface area contributed by atoms with Gasteiger partial charge in [0.15, 0.2) is 5.69 Å². The number of aromatic nitrogens is 1. The van der Waals surface area contributed by atoms with Gasteiger partial charge in [-0.05, 0) is 49.1 Å². The van der Waals surface area contributed by atoms with E-state index in [-0.39, 0.29) is 0 Å². The van der Waals surface area contributed by atoms with Gasteiger partial charge in [-0.1, -0.05) is 60.5 Å². The molecule has 0 N–H and O–H groups in total. The maximum atomic E-state index is 6.31. The van der Waals surface area contributed by atoms with E-state index in [0.29, 0.717) is 10.0 Å². The number of nitrogens with zero attached hydrogens (tertiary/aromatic N) is 1. The van der Waals surface area contributed by atoms with Gasteiger partial charge in [0.2, 0.25) is 11.2 Å². The van der Waals surface area contributed by atoms with Gasteiger partial charge in [0.05, 0.1) is 10.4 Å². The molecule has 0 saturated carbocycles. The third-order valence-electron chi connectivity index (χ3n) is 4.71. The zero-order valence-electron chi connectivity index (χ0n) is 15.0. The third kappa shape index (κ3) is 3.48. The lowest BCUT2D eigenvalue weighted by Gasteiger charge is -2.14. The molecule has 25 heavy (non-hydrogen) atoms. The number of rotatable bonds is 4. The lowest BCUT2D eigenvalue weighted by molar-refractivity contribution is -0.597. The summed E-state index contributed by atoms with van der Waals surface area (Å²) in [5.41, 5.74) is 9.68. The van der Waals surface area contributed by atoms with Crippen molar-refractivity contribution in [2.24, 2.45) is 0 Å². The Morgan fingerprint density at radius 3 is 2.04 bits per heavy atom. The second-order valence-electron chi connectivity index (χ2n) is 6.21. The molecule has 0 amide bonds. The molecule has 0 aliphatic carbocycles. The van der Waals surface area contributed by atoms with Crippen molar-refractivity contribution in [3.63, 3.8) is 0 Å². The molecule has 0 aliphatic rings. The topological polar surface area (TPSA) is 3.88 Å². The van der Waals surface area contributed by atoms with E-state index in [2.05, 4.69) is 49.9 Å². The highest BCUT2D eigenvalue weighted by molar-refractivity contribution is 7.09. The maximum absolute atomic E-state index is 6.31. The van der Waals surface area contributed by atoms with Gasteiger partial charge >= 0.3 is 0 Å². The fourth-order valence-electron chi connectivity index (χ4n) is 3.24. The van der Waals surface area contributed by atoms with Gasteiger partial charge in [-0.2, -0.15) is 4.57 Å². The second-order valence-corrected chi connectivity index (χ2v) is 8.14. The minimum atomic E-state index is 0.667. The molecule has 3 aromatic rings. The number of halogens is 2. The van der Waals surface area contributed by atoms with Crippen LogP contribution in [0.3, 0.4) is 0 Å². The molecule has 0 radical (unpaired) electrons. The average molecular weight is 391 g/mol. The Labute approximate surface area is 163 Å². The van der Waals surface area contributed by atoms with E-state index in [1.54, 1.807) is 17.4 Å². The summed E-state index contributed by atoms with van der Waals surface area (Å²) in [6, 6.07) is 10.3. The van der Waals surface area contributed by atoms with Gasteiger partial charge in [-0.3, -0.25) is 0 Å². The van der Waals surface area contributed by atoms with Crippen LogP contribution >= 0.6 is 34.5 Å². The maximum Gasteiger partial charge on any atom is 0.231 e. The molecule has 1 nitrogen and oxygen atoms in total. The summed E-state index contributed by atoms with van der Waals surface area (Å²) in [6.07, 6.45) is 1.93. The summed E-state index contributed by atoms with van der Waals surface area (Å²) in [6.45, 7) is 8.74. The van der Waals surface area contributed by atoms with E-state index < -0.39 is 0 Å². The zero-order chi connectivity index (χ0) is 18.1. The van der Waals surface area contributed by atoms with Crippen molar-refractivity contribution >= 4 is 34.5 Å². The van der Waals surface area contributed by atoms with Crippen molar-refractivity contribution in [3.8, 4) is 16.8 Å². The first-order valence-corrected chi connectivity index (χ1v) is 10.2. The number of hydrogen-bond donors (Lipinski definition) is 0. The number of benzene rings is 2. The Morgan fingerprint density at radius 2 is 1.52 bits per heavy atom. The van der Waals surface area contributed by atoms with E-state index in [9.17, 15) is 0 Å². The van der Waals surface area contributed by atoms with E-state index in [1.807, 2.05) is 12.1 Å². The highest BCUT2D eigenvalue weighted by atomic mass is 35.5. The summed E-state index contributed by atoms with van der Waals surface area (Å²) >= 11 is 14.4. The predicted octanol–water partition coefficient (Wildman–Crippen LogP) is 6.74. The lowest BCUT2D eigenvalue weighted by Crippen LogP contribution is -2.34. The molecular weight excluding hydrogens is 369 g/mol. The van der Waals surface area contributed by atoms with Crippen LogP contribution in [0, 0.1) is 13.8 Å². The lowest BCUT2D eigenvalue weighted by atomic mass is 9.92. The molecule has 1 heterocycles. The summed E-state index contributed by atoms with van der Waals surface area (Å²) in [5, 5.41) is 1.33. The predicted molar refractivity (Wildman–Crippen MR) is 110 cm³/mol. The largest absolute Gasteiger partial charge is 0.231 e. The van der Waals surface area contributed by atoms with Crippen LogP contribution in [0.1, 0.15) is 35.5 Å². The third-order valence-corrected chi connectivity index (χ3v) is 6.11. The summed E-state index contributed by atoms with van der Waals surface area (Å²) in [7, 11) is 0. The molecular formula is C21H22Cl2NS+. The minimum absolute atomic E-state index is 0.667. The SMILES string of the molecule is CCc1ccc(CC)c(-[n+]2csc(C)c2C)c1-c1cc(Cl)cc(Cl)c1. The number of hydrogen-bond acceptors (Lipinski definition) is 1. The summed E-state index contributed by atoms with van der Waals surface area (Å²) < 4.78 is 2.32. The smallest absolute Gasteiger partial charge is 0.153 e. The number of aryl methyl sites for hydroxylation is 3. The van der Waals surface area contributed by atoms with Gasteiger partial charge in [0.1, 0.15) is 0 Å². The van der Waals surface area contributed by atoms with Gasteiger partial charge in [-0.15, -0.1) is 0 Å². The quantitative estimate of drug-likeness (QED) is 0.434. The van der Waals surface area contributed by atoms with Crippen molar-refractivity contribution in [2.75, 3.05) is 0 Å². The average Bonchev–Trinajstić information content (AvgIpc) is 2.91. The van der Waals surface area contributed by atoms with Crippen LogP contribution in [-0.4, -0.2) is 0 Å². The fourth-order valence-corrected chi connectivity index (χ4v) is 4.56. The van der Waals surface area contributed by atoms with Crippen LogP contribution < -0.4 is 4.57 Å². The zero-order valence-corrected chi connectivity index (χ0v) is 17.3. The molecule has 0 unspecified atom stereocenters. The Bertz CT molecular complexity index is 908. The van der Waals surface area contributed by atoms with Crippen molar-refractivity contribution in [3.05, 3.63) is 67.6 Å². The molecule has 3 rings (SSSR count). The normalized spacial score (nSPS) is 11.1. The second kappa shape index (κ2) is 7.49. The standard InChI is InChI=1S/C21H22Cl2NS/c1-5-15-7-8-16(6-2)21(24-12-25-14(4)13(24)3)20(15)17-9-18(22)11-19(23)10-17/h7-12H,5-6H2,1-4H3/q+1. The monoisotopic (exact) mass is 390 g/mol. The first kappa shape index (κ1) is 18.4. The Hall–Kier alpha value is -1.35. The molecule has 0 bridgehead atoms. The van der Waals surface area contributed by atoms with Gasteiger partial charge in [0, 0.05) is 22.5 Å². The molecule has 0 spiro atoms. The highest BCUT2D eigenvalue weighted by Gasteiger charge is 2.25. The van der Waals surface area contributed by atoms with Gasteiger partial charge in [0.25, 0.3) is 0 Å². The van der Waals surface area contributed by atoms with E-state index in [1.165, 1.54) is 32.9 Å². The van der Waals surface area contributed by atoms with Crippen molar-refractivity contribution < 1.29 is 4.57 Å². The fraction of sp³-hybridized carbons (Fsp3) is 0.286. The molecule has 0 atom stereocenters. The highest BCUT2D eigenvalue weighted by Crippen LogP contribution is 2.35. The Morgan fingerprint density at radius 1 is 0.920 bits per heavy atom. The molecule has 1 aromatic heterocycles. The molecule has 0 aliphatic heterocycles. The van der Waals surface area contributed by atoms with Crippen LogP contribution in [0.5, 0.6) is 0 Å². The van der Waals surface area contributed by atoms with Crippen LogP contribution in [0.4, 0.5) is 0 Å². The van der Waals surface area contributed by atoms with Crippen LogP contribution in [0.25, 0.3) is 16.8 Å². The Balaban J connectivity index is 2.41. The van der Waals surface area contributed by atoms with E-state index in [4.69, 9.17) is 23.2 Å². The van der Waals surface area contributed by atoms with Gasteiger partial charge in [-0.25, -0.2) is 0 Å². The molecule has 2 aromatic carbocycles. The van der Waals surface area contributed by atoms with Crippen LogP contribution in [0.15, 0.2) is 35.8 Å². The first-order chi connectivity index (χ1) is 12.0. The van der Waals surface area contributed by atoms with Crippen LogP contribution in [0.2, 0.25) is 10.0 Å². The van der Waals surface area contributed by atoms with Crippen molar-refractivity contribution in [2.45, 2.75) is 40.5 Å². The Kier molecular flexibility index (Phi) is 5.52. The van der Waals surface area contributed by atoms with E-state index in [0.717, 1.165) is 18.4 Å². The number of thiazole rings is 1. The van der Waals surface area contributed by atoms with Crippen molar-refractivity contribution in [1.29, 1.82) is 0 Å². The molecule has 130 valence electrons. The summed E-state index contributed by atoms with van der Waals surface area (Å²) in [4.78, 5) is 1.33. The van der Waals surface area contributed by atoms with E-state index >= 15 is 0 Å². The van der Waals surface area contributed by atoms with Crippen molar-refractivity contribution in [1.82, 2.24) is 0 Å². The summed E-state index contributed by atoms with van der Waals surface area (Å²) in [5.74, 6) is 0. The van der Waals surface area contributed by atoms with Gasteiger partial charge < -0.3 is 0 Å². The molecule has 0 saturated heterocycles. The molecule has 4 heteroatoms. The minimum Gasteiger partial charge on any atom is -0.153 e. The first-order valence-electron chi connectivity index (χ1n) is 8.54.